The first kappa shape index (κ1) is 15.1. The van der Waals surface area contributed by atoms with Crippen LogP contribution in [0.4, 0.5) is 10.1 Å². The Balaban J connectivity index is 2.38. The van der Waals surface area contributed by atoms with E-state index in [4.69, 9.17) is 4.74 Å². The molecule has 0 aliphatic heterocycles. The average Bonchev–Trinajstić information content (AvgIpc) is 2.36. The number of phenolic OH excluding ortho intramolecular Hbond substituents is 1. The molecule has 7 heteroatoms. The Morgan fingerprint density at radius 2 is 1.90 bits per heavy atom. The van der Waals surface area contributed by atoms with Crippen LogP contribution in [0.2, 0.25) is 0 Å². The quantitative estimate of drug-likeness (QED) is 0.910. The average molecular weight is 311 g/mol. The Labute approximate surface area is 122 Å². The molecule has 0 aliphatic carbocycles. The van der Waals surface area contributed by atoms with Gasteiger partial charge in [0.15, 0.2) is 0 Å². The normalized spacial score (nSPS) is 11.2. The van der Waals surface area contributed by atoms with Crippen molar-refractivity contribution in [3.63, 3.8) is 0 Å². The monoisotopic (exact) mass is 311 g/mol. The number of hydrogen-bond acceptors (Lipinski definition) is 4. The third kappa shape index (κ3) is 3.43. The van der Waals surface area contributed by atoms with Gasteiger partial charge in [-0.2, -0.15) is 0 Å². The lowest BCUT2D eigenvalue weighted by Gasteiger charge is -2.11. The van der Waals surface area contributed by atoms with Crippen LogP contribution in [0.5, 0.6) is 11.5 Å². The highest BCUT2D eigenvalue weighted by Gasteiger charge is 2.18. The van der Waals surface area contributed by atoms with Crippen LogP contribution in [0.25, 0.3) is 0 Å². The number of ether oxygens (including phenoxy) is 1. The predicted octanol–water partition coefficient (Wildman–Crippen LogP) is 2.65. The van der Waals surface area contributed by atoms with E-state index >= 15 is 0 Å². The molecule has 0 heterocycles. The van der Waals surface area contributed by atoms with Crippen molar-refractivity contribution >= 4 is 15.7 Å². The van der Waals surface area contributed by atoms with Crippen molar-refractivity contribution in [3.8, 4) is 11.5 Å². The molecule has 0 aliphatic rings. The van der Waals surface area contributed by atoms with Crippen LogP contribution in [0.15, 0.2) is 41.3 Å². The van der Waals surface area contributed by atoms with Crippen molar-refractivity contribution in [2.45, 2.75) is 11.8 Å². The van der Waals surface area contributed by atoms with Crippen LogP contribution in [0, 0.1) is 12.7 Å². The zero-order valence-corrected chi connectivity index (χ0v) is 12.2. The van der Waals surface area contributed by atoms with E-state index in [-0.39, 0.29) is 16.3 Å². The summed E-state index contributed by atoms with van der Waals surface area (Å²) in [4.78, 5) is 0.0482. The van der Waals surface area contributed by atoms with E-state index in [9.17, 15) is 17.9 Å². The van der Waals surface area contributed by atoms with Gasteiger partial charge in [0.25, 0.3) is 10.0 Å². The van der Waals surface area contributed by atoms with E-state index in [2.05, 4.69) is 4.72 Å². The number of methoxy groups -OCH3 is 1. The minimum atomic E-state index is -3.89. The van der Waals surface area contributed by atoms with Gasteiger partial charge in [0, 0.05) is 12.1 Å². The summed E-state index contributed by atoms with van der Waals surface area (Å²) >= 11 is 0. The third-order valence-corrected chi connectivity index (χ3v) is 4.35. The maximum Gasteiger partial charge on any atom is 0.262 e. The van der Waals surface area contributed by atoms with Gasteiger partial charge in [-0.1, -0.05) is 0 Å². The van der Waals surface area contributed by atoms with E-state index in [1.807, 2.05) is 0 Å². The van der Waals surface area contributed by atoms with Gasteiger partial charge in [0.2, 0.25) is 0 Å². The fraction of sp³-hybridized carbons (Fsp3) is 0.143. The molecular weight excluding hydrogens is 297 g/mol. The molecule has 0 atom stereocenters. The summed E-state index contributed by atoms with van der Waals surface area (Å²) < 4.78 is 45.0. The number of aryl methyl sites for hydroxylation is 1. The number of anilines is 1. The molecule has 0 unspecified atom stereocenters. The summed E-state index contributed by atoms with van der Waals surface area (Å²) in [5, 5.41) is 9.29. The largest absolute Gasteiger partial charge is 0.508 e. The predicted molar refractivity (Wildman–Crippen MR) is 76.6 cm³/mol. The molecule has 5 nitrogen and oxygen atoms in total. The number of hydrogen-bond donors (Lipinski definition) is 2. The molecule has 0 aromatic heterocycles. The molecule has 0 saturated heterocycles. The summed E-state index contributed by atoms with van der Waals surface area (Å²) in [6.45, 7) is 1.63. The van der Waals surface area contributed by atoms with Gasteiger partial charge in [0.1, 0.15) is 17.3 Å². The van der Waals surface area contributed by atoms with Crippen LogP contribution in [-0.2, 0) is 10.0 Å². The maximum absolute atomic E-state index is 13.2. The molecule has 0 bridgehead atoms. The number of rotatable bonds is 4. The van der Waals surface area contributed by atoms with Crippen molar-refractivity contribution in [3.05, 3.63) is 47.8 Å². The minimum Gasteiger partial charge on any atom is -0.508 e. The zero-order valence-electron chi connectivity index (χ0n) is 11.4. The Bertz CT molecular complexity index is 754. The molecule has 0 fully saturated rings. The van der Waals surface area contributed by atoms with Crippen LogP contribution in [0.3, 0.4) is 0 Å². The third-order valence-electron chi connectivity index (χ3n) is 2.81. The highest BCUT2D eigenvalue weighted by atomic mass is 32.2. The highest BCUT2D eigenvalue weighted by Crippen LogP contribution is 2.25. The second-order valence-corrected chi connectivity index (χ2v) is 6.09. The van der Waals surface area contributed by atoms with Gasteiger partial charge < -0.3 is 9.84 Å². The fourth-order valence-corrected chi connectivity index (χ4v) is 3.16. The lowest BCUT2D eigenvalue weighted by atomic mass is 10.2. The summed E-state index contributed by atoms with van der Waals surface area (Å²) in [5.41, 5.74) is 0.435. The maximum atomic E-state index is 13.2. The number of benzene rings is 2. The molecule has 2 N–H and O–H groups in total. The minimum absolute atomic E-state index is 0.0482. The molecule has 21 heavy (non-hydrogen) atoms. The van der Waals surface area contributed by atoms with Gasteiger partial charge in [-0.15, -0.1) is 0 Å². The van der Waals surface area contributed by atoms with Crippen molar-refractivity contribution in [2.24, 2.45) is 0 Å². The van der Waals surface area contributed by atoms with E-state index in [1.54, 1.807) is 13.0 Å². The van der Waals surface area contributed by atoms with Crippen molar-refractivity contribution in [2.75, 3.05) is 11.8 Å². The smallest absolute Gasteiger partial charge is 0.262 e. The van der Waals surface area contributed by atoms with Crippen molar-refractivity contribution in [1.29, 1.82) is 0 Å². The summed E-state index contributed by atoms with van der Waals surface area (Å²) in [7, 11) is -2.40. The van der Waals surface area contributed by atoms with Gasteiger partial charge in [-0.25, -0.2) is 12.8 Å². The topological polar surface area (TPSA) is 75.6 Å². The summed E-state index contributed by atoms with van der Waals surface area (Å²) in [5.74, 6) is -0.562. The molecule has 2 aromatic carbocycles. The number of phenols is 1. The molecule has 2 aromatic rings. The Morgan fingerprint density at radius 1 is 1.19 bits per heavy atom. The first-order valence-electron chi connectivity index (χ1n) is 5.99. The number of nitrogens with one attached hydrogen (secondary N) is 1. The summed E-state index contributed by atoms with van der Waals surface area (Å²) in [6.07, 6.45) is 0. The van der Waals surface area contributed by atoms with Gasteiger partial charge in [0.05, 0.1) is 17.7 Å². The standard InChI is InChI=1S/C14H14FNO4S/c1-9-5-13(20-2)3-4-14(9)21(18,19)16-11-6-10(15)7-12(17)8-11/h3-8,16-17H,1-2H3. The van der Waals surface area contributed by atoms with E-state index < -0.39 is 15.8 Å². The van der Waals surface area contributed by atoms with E-state index in [0.29, 0.717) is 11.3 Å². The van der Waals surface area contributed by atoms with Crippen LogP contribution in [0.1, 0.15) is 5.56 Å². The van der Waals surface area contributed by atoms with Crippen LogP contribution in [-0.4, -0.2) is 20.6 Å². The second kappa shape index (κ2) is 5.61. The Hall–Kier alpha value is -2.28. The molecule has 0 amide bonds. The highest BCUT2D eigenvalue weighted by molar-refractivity contribution is 7.92. The molecule has 0 saturated carbocycles. The Kier molecular flexibility index (Phi) is 4.04. The zero-order chi connectivity index (χ0) is 15.6. The number of aromatic hydroxyl groups is 1. The molecular formula is C14H14FNO4S. The van der Waals surface area contributed by atoms with Crippen molar-refractivity contribution < 1.29 is 22.7 Å². The molecule has 0 spiro atoms. The van der Waals surface area contributed by atoms with E-state index in [0.717, 1.165) is 18.2 Å². The SMILES string of the molecule is COc1ccc(S(=O)(=O)Nc2cc(O)cc(F)c2)c(C)c1. The van der Waals surface area contributed by atoms with Crippen LogP contribution >= 0.6 is 0 Å². The van der Waals surface area contributed by atoms with Gasteiger partial charge in [-0.3, -0.25) is 4.72 Å². The van der Waals surface area contributed by atoms with E-state index in [1.165, 1.54) is 19.2 Å². The lowest BCUT2D eigenvalue weighted by molar-refractivity contribution is 0.414. The first-order chi connectivity index (χ1) is 9.81. The molecule has 0 radical (unpaired) electrons. The Morgan fingerprint density at radius 3 is 2.48 bits per heavy atom. The number of halogens is 1. The molecule has 2 rings (SSSR count). The van der Waals surface area contributed by atoms with Gasteiger partial charge >= 0.3 is 0 Å². The second-order valence-electron chi connectivity index (χ2n) is 4.44. The number of sulfonamides is 1. The summed E-state index contributed by atoms with van der Waals surface area (Å²) in [6, 6.07) is 7.49. The fourth-order valence-electron chi connectivity index (χ4n) is 1.89. The van der Waals surface area contributed by atoms with Gasteiger partial charge in [-0.05, 0) is 36.8 Å². The lowest BCUT2D eigenvalue weighted by Crippen LogP contribution is -2.14. The van der Waals surface area contributed by atoms with Crippen LogP contribution < -0.4 is 9.46 Å². The molecule has 112 valence electrons. The van der Waals surface area contributed by atoms with Crippen molar-refractivity contribution in [1.82, 2.24) is 0 Å². The first-order valence-corrected chi connectivity index (χ1v) is 7.47.